The van der Waals surface area contributed by atoms with Crippen LogP contribution < -0.4 is 5.73 Å². The second-order valence-electron chi connectivity index (χ2n) is 3.44. The van der Waals surface area contributed by atoms with Crippen LogP contribution in [0.2, 0.25) is 0 Å². The highest BCUT2D eigenvalue weighted by atomic mass is 16.3. The van der Waals surface area contributed by atoms with Crippen molar-refractivity contribution in [2.45, 2.75) is 39.2 Å². The standard InChI is InChI=1S/C10H22N2O2/c1-3-5-9(11)10(14)12(6-4-2)7-8-13/h9,13H,3-8,11H2,1-2H3. The number of amides is 1. The first-order valence-corrected chi connectivity index (χ1v) is 5.32. The molecule has 4 nitrogen and oxygen atoms in total. The van der Waals surface area contributed by atoms with Gasteiger partial charge in [0.1, 0.15) is 0 Å². The predicted octanol–water partition coefficient (Wildman–Crippen LogP) is 0.345. The summed E-state index contributed by atoms with van der Waals surface area (Å²) in [6, 6.07) is -0.405. The minimum absolute atomic E-state index is 0.00455. The highest BCUT2D eigenvalue weighted by Crippen LogP contribution is 2.00. The monoisotopic (exact) mass is 202 g/mol. The number of nitrogens with two attached hydrogens (primary N) is 1. The van der Waals surface area contributed by atoms with Crippen LogP contribution in [-0.2, 0) is 4.79 Å². The molecule has 4 heteroatoms. The number of aliphatic hydroxyl groups excluding tert-OH is 1. The van der Waals surface area contributed by atoms with Gasteiger partial charge in [0.25, 0.3) is 0 Å². The van der Waals surface area contributed by atoms with E-state index in [4.69, 9.17) is 10.8 Å². The predicted molar refractivity (Wildman–Crippen MR) is 56.8 cm³/mol. The Morgan fingerprint density at radius 1 is 1.36 bits per heavy atom. The Labute approximate surface area is 86.1 Å². The Morgan fingerprint density at radius 2 is 2.00 bits per heavy atom. The van der Waals surface area contributed by atoms with Crippen LogP contribution >= 0.6 is 0 Å². The molecule has 0 aliphatic heterocycles. The quantitative estimate of drug-likeness (QED) is 0.626. The van der Waals surface area contributed by atoms with Crippen molar-refractivity contribution in [1.82, 2.24) is 4.90 Å². The Balaban J connectivity index is 4.11. The first-order chi connectivity index (χ1) is 6.67. The first-order valence-electron chi connectivity index (χ1n) is 5.32. The summed E-state index contributed by atoms with van der Waals surface area (Å²) in [6.45, 7) is 5.08. The maximum Gasteiger partial charge on any atom is 0.239 e. The van der Waals surface area contributed by atoms with Crippen LogP contribution in [0.3, 0.4) is 0 Å². The fourth-order valence-corrected chi connectivity index (χ4v) is 1.39. The zero-order valence-corrected chi connectivity index (χ0v) is 9.20. The highest BCUT2D eigenvalue weighted by molar-refractivity contribution is 5.81. The molecule has 0 saturated heterocycles. The Hall–Kier alpha value is -0.610. The van der Waals surface area contributed by atoms with Gasteiger partial charge in [-0.05, 0) is 12.8 Å². The molecule has 0 aromatic heterocycles. The van der Waals surface area contributed by atoms with Crippen molar-refractivity contribution in [3.8, 4) is 0 Å². The summed E-state index contributed by atoms with van der Waals surface area (Å²) in [4.78, 5) is 13.3. The smallest absolute Gasteiger partial charge is 0.239 e. The van der Waals surface area contributed by atoms with Crippen molar-refractivity contribution in [3.05, 3.63) is 0 Å². The third-order valence-corrected chi connectivity index (χ3v) is 2.09. The van der Waals surface area contributed by atoms with Gasteiger partial charge >= 0.3 is 0 Å². The lowest BCUT2D eigenvalue weighted by Crippen LogP contribution is -2.45. The van der Waals surface area contributed by atoms with Crippen molar-refractivity contribution in [2.75, 3.05) is 19.7 Å². The average molecular weight is 202 g/mol. The molecule has 0 aliphatic carbocycles. The number of hydrogen-bond donors (Lipinski definition) is 2. The fourth-order valence-electron chi connectivity index (χ4n) is 1.39. The van der Waals surface area contributed by atoms with E-state index >= 15 is 0 Å². The Bertz CT molecular complexity index is 156. The number of carbonyl (C=O) groups is 1. The molecule has 0 bridgehead atoms. The van der Waals surface area contributed by atoms with Gasteiger partial charge in [0.05, 0.1) is 12.6 Å². The molecule has 1 unspecified atom stereocenters. The summed E-state index contributed by atoms with van der Waals surface area (Å²) in [5.74, 6) is -0.0391. The first kappa shape index (κ1) is 13.4. The van der Waals surface area contributed by atoms with E-state index in [9.17, 15) is 4.79 Å². The van der Waals surface area contributed by atoms with E-state index in [1.54, 1.807) is 4.90 Å². The maximum atomic E-state index is 11.7. The Kier molecular flexibility index (Phi) is 7.42. The zero-order valence-electron chi connectivity index (χ0n) is 9.20. The SMILES string of the molecule is CCCC(N)C(=O)N(CCC)CCO. The molecule has 14 heavy (non-hydrogen) atoms. The molecule has 0 rings (SSSR count). The number of carbonyl (C=O) groups excluding carboxylic acids is 1. The van der Waals surface area contributed by atoms with E-state index in [0.29, 0.717) is 19.5 Å². The molecular formula is C10H22N2O2. The third kappa shape index (κ3) is 4.58. The Morgan fingerprint density at radius 3 is 2.43 bits per heavy atom. The average Bonchev–Trinajstić information content (AvgIpc) is 2.17. The van der Waals surface area contributed by atoms with Gasteiger partial charge in [0.15, 0.2) is 0 Å². The lowest BCUT2D eigenvalue weighted by molar-refractivity contribution is -0.133. The lowest BCUT2D eigenvalue weighted by atomic mass is 10.1. The van der Waals surface area contributed by atoms with Crippen LogP contribution in [0.15, 0.2) is 0 Å². The van der Waals surface area contributed by atoms with Crippen molar-refractivity contribution >= 4 is 5.91 Å². The van der Waals surface area contributed by atoms with Crippen LogP contribution in [0.1, 0.15) is 33.1 Å². The fraction of sp³-hybridized carbons (Fsp3) is 0.900. The topological polar surface area (TPSA) is 66.6 Å². The lowest BCUT2D eigenvalue weighted by Gasteiger charge is -2.24. The molecule has 0 fully saturated rings. The van der Waals surface area contributed by atoms with Gasteiger partial charge in [-0.15, -0.1) is 0 Å². The summed E-state index contributed by atoms with van der Waals surface area (Å²) >= 11 is 0. The van der Waals surface area contributed by atoms with E-state index < -0.39 is 6.04 Å². The molecule has 0 aromatic carbocycles. The maximum absolute atomic E-state index is 11.7. The number of hydrogen-bond acceptors (Lipinski definition) is 3. The summed E-state index contributed by atoms with van der Waals surface area (Å²) in [5, 5.41) is 8.79. The van der Waals surface area contributed by atoms with Crippen molar-refractivity contribution in [2.24, 2.45) is 5.73 Å². The molecule has 0 aromatic rings. The number of aliphatic hydroxyl groups is 1. The van der Waals surface area contributed by atoms with Crippen LogP contribution in [0.5, 0.6) is 0 Å². The van der Waals surface area contributed by atoms with Gasteiger partial charge in [-0.25, -0.2) is 0 Å². The van der Waals surface area contributed by atoms with Crippen LogP contribution in [0, 0.1) is 0 Å². The molecule has 0 saturated carbocycles. The third-order valence-electron chi connectivity index (χ3n) is 2.09. The van der Waals surface area contributed by atoms with Gasteiger partial charge in [-0.2, -0.15) is 0 Å². The van der Waals surface area contributed by atoms with Crippen molar-refractivity contribution < 1.29 is 9.90 Å². The highest BCUT2D eigenvalue weighted by Gasteiger charge is 2.18. The normalized spacial score (nSPS) is 12.6. The second kappa shape index (κ2) is 7.76. The largest absolute Gasteiger partial charge is 0.395 e. The molecule has 3 N–H and O–H groups in total. The molecular weight excluding hydrogens is 180 g/mol. The minimum atomic E-state index is -0.405. The van der Waals surface area contributed by atoms with E-state index in [0.717, 1.165) is 12.8 Å². The van der Waals surface area contributed by atoms with Gasteiger partial charge in [-0.1, -0.05) is 20.3 Å². The molecule has 1 amide bonds. The van der Waals surface area contributed by atoms with Gasteiger partial charge in [0.2, 0.25) is 5.91 Å². The zero-order chi connectivity index (χ0) is 11.0. The van der Waals surface area contributed by atoms with Gasteiger partial charge < -0.3 is 15.7 Å². The van der Waals surface area contributed by atoms with Crippen LogP contribution in [0.25, 0.3) is 0 Å². The van der Waals surface area contributed by atoms with Crippen molar-refractivity contribution in [1.29, 1.82) is 0 Å². The summed E-state index contributed by atoms with van der Waals surface area (Å²) in [5.41, 5.74) is 5.72. The number of rotatable bonds is 7. The van der Waals surface area contributed by atoms with E-state index in [2.05, 4.69) is 0 Å². The minimum Gasteiger partial charge on any atom is -0.395 e. The summed E-state index contributed by atoms with van der Waals surface area (Å²) < 4.78 is 0. The van der Waals surface area contributed by atoms with Crippen LogP contribution in [-0.4, -0.2) is 41.7 Å². The van der Waals surface area contributed by atoms with Gasteiger partial charge in [-0.3, -0.25) is 4.79 Å². The van der Waals surface area contributed by atoms with Crippen molar-refractivity contribution in [3.63, 3.8) is 0 Å². The van der Waals surface area contributed by atoms with E-state index in [1.165, 1.54) is 0 Å². The van der Waals surface area contributed by atoms with Crippen LogP contribution in [0.4, 0.5) is 0 Å². The van der Waals surface area contributed by atoms with E-state index in [1.807, 2.05) is 13.8 Å². The summed E-state index contributed by atoms with van der Waals surface area (Å²) in [7, 11) is 0. The molecule has 1 atom stereocenters. The van der Waals surface area contributed by atoms with E-state index in [-0.39, 0.29) is 12.5 Å². The molecule has 84 valence electrons. The second-order valence-corrected chi connectivity index (χ2v) is 3.44. The van der Waals surface area contributed by atoms with Gasteiger partial charge in [0, 0.05) is 13.1 Å². The molecule has 0 aliphatic rings. The molecule has 0 heterocycles. The number of nitrogens with zero attached hydrogens (tertiary/aromatic N) is 1. The molecule has 0 radical (unpaired) electrons. The molecule has 0 spiro atoms. The summed E-state index contributed by atoms with van der Waals surface area (Å²) in [6.07, 6.45) is 2.51.